The molecule has 1 N–H and O–H groups in total. The fourth-order valence-electron chi connectivity index (χ4n) is 2.36. The minimum Gasteiger partial charge on any atom is -0.480 e. The summed E-state index contributed by atoms with van der Waals surface area (Å²) in [6, 6.07) is 9.14. The summed E-state index contributed by atoms with van der Waals surface area (Å²) in [5.41, 5.74) is 2.96. The third-order valence-electron chi connectivity index (χ3n) is 3.75. The van der Waals surface area contributed by atoms with Crippen LogP contribution < -0.4 is 15.0 Å². The Bertz CT molecular complexity index is 773. The normalized spacial score (nSPS) is 13.3. The van der Waals surface area contributed by atoms with Gasteiger partial charge in [0.2, 0.25) is 5.91 Å². The number of aromatic nitrogens is 1. The highest BCUT2D eigenvalue weighted by Crippen LogP contribution is 2.28. The first kappa shape index (κ1) is 15.0. The third-order valence-corrected chi connectivity index (χ3v) is 3.75. The smallest absolute Gasteiger partial charge is 0.266 e. The molecule has 0 spiro atoms. The number of hydrogen-bond donors (Lipinski definition) is 1. The Balaban J connectivity index is 1.75. The second-order valence-electron chi connectivity index (χ2n) is 5.44. The first-order chi connectivity index (χ1) is 11.0. The SMILES string of the molecule is Cc1ccc(NC(=O)CN2C(=O)COc3cccnc32)cc1C. The average Bonchev–Trinajstić information content (AvgIpc) is 2.54. The first-order valence-electron chi connectivity index (χ1n) is 7.30. The van der Waals surface area contributed by atoms with Crippen molar-refractivity contribution in [1.82, 2.24) is 4.98 Å². The van der Waals surface area contributed by atoms with Gasteiger partial charge in [-0.3, -0.25) is 14.5 Å². The zero-order valence-corrected chi connectivity index (χ0v) is 13.0. The molecule has 1 aromatic carbocycles. The Morgan fingerprint density at radius 1 is 1.30 bits per heavy atom. The van der Waals surface area contributed by atoms with Crippen LogP contribution in [0.1, 0.15) is 11.1 Å². The molecule has 0 atom stereocenters. The summed E-state index contributed by atoms with van der Waals surface area (Å²) in [5, 5.41) is 2.81. The topological polar surface area (TPSA) is 71.5 Å². The highest BCUT2D eigenvalue weighted by molar-refractivity contribution is 6.04. The number of nitrogens with one attached hydrogen (secondary N) is 1. The largest absolute Gasteiger partial charge is 0.480 e. The maximum absolute atomic E-state index is 12.3. The monoisotopic (exact) mass is 311 g/mol. The lowest BCUT2D eigenvalue weighted by atomic mass is 10.1. The van der Waals surface area contributed by atoms with Crippen molar-refractivity contribution < 1.29 is 14.3 Å². The lowest BCUT2D eigenvalue weighted by Crippen LogP contribution is -2.43. The van der Waals surface area contributed by atoms with E-state index in [-0.39, 0.29) is 25.0 Å². The van der Waals surface area contributed by atoms with Crippen LogP contribution in [0.3, 0.4) is 0 Å². The van der Waals surface area contributed by atoms with E-state index in [9.17, 15) is 9.59 Å². The zero-order chi connectivity index (χ0) is 16.4. The van der Waals surface area contributed by atoms with Crippen LogP contribution in [0.15, 0.2) is 36.5 Å². The van der Waals surface area contributed by atoms with Crippen LogP contribution in [0, 0.1) is 13.8 Å². The van der Waals surface area contributed by atoms with E-state index in [2.05, 4.69) is 10.3 Å². The Labute approximate surface area is 134 Å². The van der Waals surface area contributed by atoms with Gasteiger partial charge in [-0.1, -0.05) is 6.07 Å². The van der Waals surface area contributed by atoms with Crippen molar-refractivity contribution in [1.29, 1.82) is 0 Å². The van der Waals surface area contributed by atoms with E-state index < -0.39 is 0 Å². The van der Waals surface area contributed by atoms with Crippen molar-refractivity contribution in [3.05, 3.63) is 47.7 Å². The van der Waals surface area contributed by atoms with Gasteiger partial charge in [0.25, 0.3) is 5.91 Å². The molecule has 2 aromatic rings. The highest BCUT2D eigenvalue weighted by Gasteiger charge is 2.28. The van der Waals surface area contributed by atoms with Gasteiger partial charge in [0.1, 0.15) is 6.54 Å². The predicted molar refractivity (Wildman–Crippen MR) is 86.6 cm³/mol. The summed E-state index contributed by atoms with van der Waals surface area (Å²) < 4.78 is 5.31. The van der Waals surface area contributed by atoms with Crippen LogP contribution in [-0.2, 0) is 9.59 Å². The van der Waals surface area contributed by atoms with Crippen LogP contribution in [0.4, 0.5) is 11.5 Å². The molecule has 0 unspecified atom stereocenters. The molecule has 2 amide bonds. The molecule has 0 bridgehead atoms. The van der Waals surface area contributed by atoms with Crippen LogP contribution in [0.5, 0.6) is 5.75 Å². The Morgan fingerprint density at radius 3 is 2.91 bits per heavy atom. The summed E-state index contributed by atoms with van der Waals surface area (Å²) in [6.07, 6.45) is 1.56. The van der Waals surface area contributed by atoms with Crippen LogP contribution in [0.2, 0.25) is 0 Å². The number of benzene rings is 1. The van der Waals surface area contributed by atoms with E-state index in [1.807, 2.05) is 32.0 Å². The van der Waals surface area contributed by atoms with E-state index in [4.69, 9.17) is 4.74 Å². The molecule has 6 nitrogen and oxygen atoms in total. The third kappa shape index (κ3) is 3.15. The molecule has 1 aromatic heterocycles. The molecule has 0 fully saturated rings. The summed E-state index contributed by atoms with van der Waals surface area (Å²) in [6.45, 7) is 3.81. The van der Waals surface area contributed by atoms with Crippen molar-refractivity contribution in [2.24, 2.45) is 0 Å². The van der Waals surface area contributed by atoms with Crippen LogP contribution in [0.25, 0.3) is 0 Å². The number of fused-ring (bicyclic) bond motifs is 1. The highest BCUT2D eigenvalue weighted by atomic mass is 16.5. The minimum atomic E-state index is -0.286. The molecule has 23 heavy (non-hydrogen) atoms. The minimum absolute atomic E-state index is 0.0877. The second kappa shape index (κ2) is 6.08. The molecule has 118 valence electrons. The molecule has 1 aliphatic rings. The lowest BCUT2D eigenvalue weighted by molar-refractivity contribution is -0.123. The number of hydrogen-bond acceptors (Lipinski definition) is 4. The predicted octanol–water partition coefficient (Wildman–Crippen LogP) is 2.06. The van der Waals surface area contributed by atoms with Crippen molar-refractivity contribution >= 4 is 23.3 Å². The quantitative estimate of drug-likeness (QED) is 0.942. The lowest BCUT2D eigenvalue weighted by Gasteiger charge is -2.27. The van der Waals surface area contributed by atoms with Gasteiger partial charge in [0.05, 0.1) is 0 Å². The van der Waals surface area contributed by atoms with Crippen LogP contribution in [-0.4, -0.2) is 29.9 Å². The standard InChI is InChI=1S/C17H17N3O3/c1-11-5-6-13(8-12(11)2)19-15(21)9-20-16(22)10-23-14-4-3-7-18-17(14)20/h3-8H,9-10H2,1-2H3,(H,19,21). The number of anilines is 2. The van der Waals surface area contributed by atoms with Crippen molar-refractivity contribution in [2.75, 3.05) is 23.4 Å². The maximum atomic E-state index is 12.3. The van der Waals surface area contributed by atoms with E-state index in [1.54, 1.807) is 18.3 Å². The molecule has 0 saturated heterocycles. The Hall–Kier alpha value is -2.89. The number of amides is 2. The maximum Gasteiger partial charge on any atom is 0.266 e. The Kier molecular flexibility index (Phi) is 3.97. The summed E-state index contributed by atoms with van der Waals surface area (Å²) >= 11 is 0. The number of carbonyl (C=O) groups excluding carboxylic acids is 2. The summed E-state index contributed by atoms with van der Waals surface area (Å²) in [7, 11) is 0. The van der Waals surface area contributed by atoms with Crippen molar-refractivity contribution in [3.63, 3.8) is 0 Å². The van der Waals surface area contributed by atoms with Crippen LogP contribution >= 0.6 is 0 Å². The molecule has 3 rings (SSSR count). The van der Waals surface area contributed by atoms with Gasteiger partial charge in [-0.25, -0.2) is 4.98 Å². The number of ether oxygens (including phenoxy) is 1. The molecule has 1 aliphatic heterocycles. The van der Waals surface area contributed by atoms with E-state index >= 15 is 0 Å². The molecular weight excluding hydrogens is 294 g/mol. The molecule has 2 heterocycles. The van der Waals surface area contributed by atoms with Gasteiger partial charge >= 0.3 is 0 Å². The average molecular weight is 311 g/mol. The molecular formula is C17H17N3O3. The van der Waals surface area contributed by atoms with Gasteiger partial charge in [-0.15, -0.1) is 0 Å². The van der Waals surface area contributed by atoms with E-state index in [1.165, 1.54) is 4.90 Å². The number of carbonyl (C=O) groups is 2. The number of pyridine rings is 1. The van der Waals surface area contributed by atoms with Gasteiger partial charge in [-0.2, -0.15) is 0 Å². The fourth-order valence-corrected chi connectivity index (χ4v) is 2.36. The molecule has 0 saturated carbocycles. The van der Waals surface area contributed by atoms with Gasteiger partial charge < -0.3 is 10.1 Å². The van der Waals surface area contributed by atoms with E-state index in [0.29, 0.717) is 17.3 Å². The second-order valence-corrected chi connectivity index (χ2v) is 5.44. The summed E-state index contributed by atoms with van der Waals surface area (Å²) in [5.74, 6) is 0.316. The van der Waals surface area contributed by atoms with Crippen molar-refractivity contribution in [2.45, 2.75) is 13.8 Å². The Morgan fingerprint density at radius 2 is 2.13 bits per heavy atom. The first-order valence-corrected chi connectivity index (χ1v) is 7.30. The van der Waals surface area contributed by atoms with Gasteiger partial charge in [0, 0.05) is 11.9 Å². The number of rotatable bonds is 3. The molecule has 0 radical (unpaired) electrons. The van der Waals surface area contributed by atoms with Gasteiger partial charge in [-0.05, 0) is 49.2 Å². The number of aryl methyl sites for hydroxylation is 2. The fraction of sp³-hybridized carbons (Fsp3) is 0.235. The zero-order valence-electron chi connectivity index (χ0n) is 13.0. The van der Waals surface area contributed by atoms with Crippen molar-refractivity contribution in [3.8, 4) is 5.75 Å². The van der Waals surface area contributed by atoms with E-state index in [0.717, 1.165) is 11.1 Å². The van der Waals surface area contributed by atoms with Gasteiger partial charge in [0.15, 0.2) is 18.2 Å². The number of nitrogens with zero attached hydrogens (tertiary/aromatic N) is 2. The summed E-state index contributed by atoms with van der Waals surface area (Å²) in [4.78, 5) is 29.8. The molecule has 6 heteroatoms. The molecule has 0 aliphatic carbocycles.